The van der Waals surface area contributed by atoms with E-state index in [1.807, 2.05) is 0 Å². The Morgan fingerprint density at radius 1 is 1.04 bits per heavy atom. The zero-order valence-electron chi connectivity index (χ0n) is 15.7. The molecule has 0 saturated carbocycles. The zero-order chi connectivity index (χ0) is 17.4. The molecule has 1 atom stereocenters. The number of amides is 1. The Balaban J connectivity index is 2.09. The van der Waals surface area contributed by atoms with Crippen molar-refractivity contribution in [3.8, 4) is 0 Å². The summed E-state index contributed by atoms with van der Waals surface area (Å²) in [5, 5.41) is 3.23. The highest BCUT2D eigenvalue weighted by Gasteiger charge is 2.23. The summed E-state index contributed by atoms with van der Waals surface area (Å²) in [5.41, 5.74) is 2.61. The Morgan fingerprint density at radius 2 is 1.62 bits per heavy atom. The van der Waals surface area contributed by atoms with E-state index >= 15 is 0 Å². The zero-order valence-corrected chi connectivity index (χ0v) is 15.7. The van der Waals surface area contributed by atoms with Crippen molar-refractivity contribution in [3.05, 3.63) is 35.4 Å². The molecule has 1 aliphatic rings. The van der Waals surface area contributed by atoms with Gasteiger partial charge in [-0.05, 0) is 51.3 Å². The van der Waals surface area contributed by atoms with Gasteiger partial charge >= 0.3 is 0 Å². The van der Waals surface area contributed by atoms with E-state index < -0.39 is 0 Å². The summed E-state index contributed by atoms with van der Waals surface area (Å²) in [6.45, 7) is 9.32. The van der Waals surface area contributed by atoms with Crippen LogP contribution < -0.4 is 5.32 Å². The van der Waals surface area contributed by atoms with Gasteiger partial charge in [-0.25, -0.2) is 0 Å². The van der Waals surface area contributed by atoms with Crippen LogP contribution >= 0.6 is 0 Å². The molecule has 1 aromatic rings. The van der Waals surface area contributed by atoms with Gasteiger partial charge in [0.05, 0.1) is 6.04 Å². The Morgan fingerprint density at radius 3 is 2.17 bits per heavy atom. The van der Waals surface area contributed by atoms with Crippen LogP contribution in [0.4, 0.5) is 0 Å². The maximum absolute atomic E-state index is 12.4. The van der Waals surface area contributed by atoms with E-state index in [1.165, 1.54) is 36.8 Å². The predicted molar refractivity (Wildman–Crippen MR) is 101 cm³/mol. The van der Waals surface area contributed by atoms with E-state index in [9.17, 15) is 4.79 Å². The summed E-state index contributed by atoms with van der Waals surface area (Å²) < 4.78 is 0. The number of carbonyl (C=O) groups is 1. The van der Waals surface area contributed by atoms with Crippen LogP contribution in [0.2, 0.25) is 0 Å². The van der Waals surface area contributed by atoms with Crippen LogP contribution in [0.15, 0.2) is 24.3 Å². The fourth-order valence-electron chi connectivity index (χ4n) is 3.65. The summed E-state index contributed by atoms with van der Waals surface area (Å²) >= 11 is 0. The van der Waals surface area contributed by atoms with E-state index in [-0.39, 0.29) is 11.8 Å². The summed E-state index contributed by atoms with van der Waals surface area (Å²) in [7, 11) is 0. The van der Waals surface area contributed by atoms with Gasteiger partial charge in [0.25, 0.3) is 0 Å². The molecule has 0 unspecified atom stereocenters. The van der Waals surface area contributed by atoms with Crippen LogP contribution in [0.3, 0.4) is 0 Å². The molecule has 134 valence electrons. The Labute approximate surface area is 147 Å². The van der Waals surface area contributed by atoms with Gasteiger partial charge in [0.15, 0.2) is 0 Å². The fourth-order valence-corrected chi connectivity index (χ4v) is 3.65. The molecule has 1 saturated heterocycles. The van der Waals surface area contributed by atoms with Crippen LogP contribution in [-0.4, -0.2) is 30.4 Å². The lowest BCUT2D eigenvalue weighted by molar-refractivity contribution is -0.125. The molecule has 0 bridgehead atoms. The normalized spacial score (nSPS) is 17.5. The minimum absolute atomic E-state index is 0.146. The number of carbonyl (C=O) groups excluding carboxylic acids is 1. The quantitative estimate of drug-likeness (QED) is 0.800. The molecule has 0 radical (unpaired) electrons. The lowest BCUT2D eigenvalue weighted by Gasteiger charge is -2.31. The molecule has 0 aliphatic carbocycles. The minimum atomic E-state index is 0.146. The first kappa shape index (κ1) is 19.0. The first-order chi connectivity index (χ1) is 11.7. The summed E-state index contributed by atoms with van der Waals surface area (Å²) in [6, 6.07) is 9.12. The average molecular weight is 331 g/mol. The maximum Gasteiger partial charge on any atom is 0.223 e. The molecule has 1 aromatic carbocycles. The molecule has 1 fully saturated rings. The van der Waals surface area contributed by atoms with Gasteiger partial charge in [-0.2, -0.15) is 0 Å². The number of nitrogens with one attached hydrogen (secondary N) is 1. The molecule has 2 rings (SSSR count). The molecule has 3 nitrogen and oxygen atoms in total. The van der Waals surface area contributed by atoms with Gasteiger partial charge < -0.3 is 5.32 Å². The van der Waals surface area contributed by atoms with Crippen LogP contribution in [-0.2, 0) is 4.79 Å². The molecule has 1 amide bonds. The standard InChI is InChI=1S/C21H34N2O/c1-4-18(5-2)21(24)22-16-20(19-12-10-17(3)11-13-19)23-14-8-6-7-9-15-23/h10-13,18,20H,4-9,14-16H2,1-3H3,(H,22,24)/t20-/m1/s1. The Kier molecular flexibility index (Phi) is 7.77. The van der Waals surface area contributed by atoms with E-state index in [0.29, 0.717) is 6.04 Å². The Bertz CT molecular complexity index is 485. The van der Waals surface area contributed by atoms with E-state index in [2.05, 4.69) is 55.3 Å². The monoisotopic (exact) mass is 330 g/mol. The molecule has 1 aliphatic heterocycles. The Hall–Kier alpha value is -1.35. The second-order valence-corrected chi connectivity index (χ2v) is 7.14. The second-order valence-electron chi connectivity index (χ2n) is 7.14. The number of hydrogen-bond acceptors (Lipinski definition) is 2. The largest absolute Gasteiger partial charge is 0.354 e. The number of likely N-dealkylation sites (tertiary alicyclic amines) is 1. The topological polar surface area (TPSA) is 32.3 Å². The number of rotatable bonds is 7. The minimum Gasteiger partial charge on any atom is -0.354 e. The predicted octanol–water partition coefficient (Wildman–Crippen LogP) is 4.46. The lowest BCUT2D eigenvalue weighted by atomic mass is 10.0. The van der Waals surface area contributed by atoms with Crippen molar-refractivity contribution in [1.82, 2.24) is 10.2 Å². The van der Waals surface area contributed by atoms with Crippen LogP contribution in [0.1, 0.15) is 69.5 Å². The smallest absolute Gasteiger partial charge is 0.223 e. The third-order valence-corrected chi connectivity index (χ3v) is 5.37. The molecule has 24 heavy (non-hydrogen) atoms. The highest BCUT2D eigenvalue weighted by atomic mass is 16.1. The number of hydrogen-bond donors (Lipinski definition) is 1. The third-order valence-electron chi connectivity index (χ3n) is 5.37. The molecule has 1 N–H and O–H groups in total. The molecule has 0 aromatic heterocycles. The maximum atomic E-state index is 12.4. The summed E-state index contributed by atoms with van der Waals surface area (Å²) in [5.74, 6) is 0.361. The fraction of sp³-hybridized carbons (Fsp3) is 0.667. The van der Waals surface area contributed by atoms with Gasteiger partial charge in [0.2, 0.25) is 5.91 Å². The third kappa shape index (κ3) is 5.34. The van der Waals surface area contributed by atoms with Gasteiger partial charge in [0, 0.05) is 12.5 Å². The summed E-state index contributed by atoms with van der Waals surface area (Å²) in [6.07, 6.45) is 7.03. The van der Waals surface area contributed by atoms with Gasteiger partial charge in [0.1, 0.15) is 0 Å². The van der Waals surface area contributed by atoms with Crippen molar-refractivity contribution < 1.29 is 4.79 Å². The number of nitrogens with zero attached hydrogens (tertiary/aromatic N) is 1. The molecular formula is C21H34N2O. The number of aryl methyl sites for hydroxylation is 1. The van der Waals surface area contributed by atoms with Crippen molar-refractivity contribution in [2.75, 3.05) is 19.6 Å². The van der Waals surface area contributed by atoms with Crippen LogP contribution in [0, 0.1) is 12.8 Å². The van der Waals surface area contributed by atoms with E-state index in [1.54, 1.807) is 0 Å². The number of benzene rings is 1. The lowest BCUT2D eigenvalue weighted by Crippen LogP contribution is -2.40. The van der Waals surface area contributed by atoms with Crippen molar-refractivity contribution >= 4 is 5.91 Å². The second kappa shape index (κ2) is 9.83. The van der Waals surface area contributed by atoms with Crippen molar-refractivity contribution in [2.45, 2.75) is 65.3 Å². The van der Waals surface area contributed by atoms with Crippen LogP contribution in [0.25, 0.3) is 0 Å². The van der Waals surface area contributed by atoms with E-state index in [4.69, 9.17) is 0 Å². The SMILES string of the molecule is CCC(CC)C(=O)NC[C@H](c1ccc(C)cc1)N1CCCCCC1. The molecule has 1 heterocycles. The first-order valence-electron chi connectivity index (χ1n) is 9.74. The van der Waals surface area contributed by atoms with Crippen LogP contribution in [0.5, 0.6) is 0 Å². The van der Waals surface area contributed by atoms with Gasteiger partial charge in [-0.1, -0.05) is 56.5 Å². The summed E-state index contributed by atoms with van der Waals surface area (Å²) in [4.78, 5) is 15.0. The highest BCUT2D eigenvalue weighted by molar-refractivity contribution is 5.78. The van der Waals surface area contributed by atoms with Gasteiger partial charge in [-0.3, -0.25) is 9.69 Å². The first-order valence-corrected chi connectivity index (χ1v) is 9.74. The van der Waals surface area contributed by atoms with E-state index in [0.717, 1.165) is 32.5 Å². The molecule has 3 heteroatoms. The van der Waals surface area contributed by atoms with Crippen molar-refractivity contribution in [3.63, 3.8) is 0 Å². The average Bonchev–Trinajstić information content (AvgIpc) is 2.87. The van der Waals surface area contributed by atoms with Gasteiger partial charge in [-0.15, -0.1) is 0 Å². The molecule has 0 spiro atoms. The van der Waals surface area contributed by atoms with Crippen molar-refractivity contribution in [1.29, 1.82) is 0 Å². The molecular weight excluding hydrogens is 296 g/mol. The van der Waals surface area contributed by atoms with Crippen molar-refractivity contribution in [2.24, 2.45) is 5.92 Å². The highest BCUT2D eigenvalue weighted by Crippen LogP contribution is 2.24.